The van der Waals surface area contributed by atoms with Crippen LogP contribution in [-0.4, -0.2) is 17.5 Å². The number of hydrogen-bond acceptors (Lipinski definition) is 2. The molecule has 1 amide bonds. The molecule has 3 rings (SSSR count). The Morgan fingerprint density at radius 1 is 1.15 bits per heavy atom. The quantitative estimate of drug-likeness (QED) is 0.650. The van der Waals surface area contributed by atoms with E-state index in [1.807, 2.05) is 30.5 Å². The van der Waals surface area contributed by atoms with Crippen LogP contribution in [0.1, 0.15) is 30.5 Å². The third-order valence-corrected chi connectivity index (χ3v) is 4.28. The fourth-order valence-electron chi connectivity index (χ4n) is 3.02. The second-order valence-electron chi connectivity index (χ2n) is 6.07. The maximum Gasteiger partial charge on any atom is 0.387 e. The number of halogens is 2. The van der Waals surface area contributed by atoms with Crippen LogP contribution in [-0.2, 0) is 11.2 Å². The average Bonchev–Trinajstić information content (AvgIpc) is 3.03. The van der Waals surface area contributed by atoms with Gasteiger partial charge in [0.2, 0.25) is 5.91 Å². The number of fused-ring (bicyclic) bond motifs is 1. The van der Waals surface area contributed by atoms with E-state index in [-0.39, 0.29) is 11.7 Å². The summed E-state index contributed by atoms with van der Waals surface area (Å²) in [6.45, 7) is -1.15. The van der Waals surface area contributed by atoms with Crippen LogP contribution in [0.15, 0.2) is 54.7 Å². The van der Waals surface area contributed by atoms with Gasteiger partial charge in [-0.3, -0.25) is 4.79 Å². The number of ether oxygens (including phenoxy) is 1. The Hall–Kier alpha value is -2.89. The predicted octanol–water partition coefficient (Wildman–Crippen LogP) is 4.58. The maximum atomic E-state index is 12.5. The summed E-state index contributed by atoms with van der Waals surface area (Å²) in [7, 11) is 0. The van der Waals surface area contributed by atoms with Crippen LogP contribution in [0.3, 0.4) is 0 Å². The molecule has 1 heterocycles. The number of hydrogen-bond donors (Lipinski definition) is 2. The number of amides is 1. The zero-order valence-corrected chi connectivity index (χ0v) is 14.3. The molecule has 1 aromatic heterocycles. The van der Waals surface area contributed by atoms with E-state index in [0.717, 1.165) is 16.5 Å². The van der Waals surface area contributed by atoms with E-state index >= 15 is 0 Å². The highest BCUT2D eigenvalue weighted by Gasteiger charge is 2.16. The molecule has 26 heavy (non-hydrogen) atoms. The largest absolute Gasteiger partial charge is 0.434 e. The molecule has 0 saturated carbocycles. The first-order chi connectivity index (χ1) is 12.5. The molecule has 0 saturated heterocycles. The van der Waals surface area contributed by atoms with Gasteiger partial charge in [-0.1, -0.05) is 36.4 Å². The topological polar surface area (TPSA) is 54.1 Å². The van der Waals surface area contributed by atoms with Gasteiger partial charge in [0.25, 0.3) is 0 Å². The number of carbonyl (C=O) groups is 1. The third kappa shape index (κ3) is 4.20. The lowest BCUT2D eigenvalue weighted by atomic mass is 10.1. The molecule has 1 unspecified atom stereocenters. The Bertz CT molecular complexity index is 892. The molecule has 0 fully saturated rings. The van der Waals surface area contributed by atoms with Crippen LogP contribution in [0.25, 0.3) is 10.9 Å². The Morgan fingerprint density at radius 3 is 2.69 bits per heavy atom. The Balaban J connectivity index is 1.61. The van der Waals surface area contributed by atoms with E-state index in [0.29, 0.717) is 18.4 Å². The van der Waals surface area contributed by atoms with E-state index in [1.165, 1.54) is 6.07 Å². The summed E-state index contributed by atoms with van der Waals surface area (Å²) in [4.78, 5) is 15.5. The second-order valence-corrected chi connectivity index (χ2v) is 6.07. The summed E-state index contributed by atoms with van der Waals surface area (Å²) in [6, 6.07) is 14.0. The van der Waals surface area contributed by atoms with Crippen molar-refractivity contribution >= 4 is 16.8 Å². The minimum Gasteiger partial charge on any atom is -0.434 e. The first-order valence-electron chi connectivity index (χ1n) is 8.42. The van der Waals surface area contributed by atoms with Gasteiger partial charge in [-0.2, -0.15) is 8.78 Å². The van der Waals surface area contributed by atoms with Gasteiger partial charge in [0.05, 0.1) is 6.04 Å². The van der Waals surface area contributed by atoms with Crippen molar-refractivity contribution in [3.8, 4) is 5.75 Å². The number of alkyl halides is 2. The fraction of sp³-hybridized carbons (Fsp3) is 0.250. The minimum atomic E-state index is -2.90. The van der Waals surface area contributed by atoms with Crippen molar-refractivity contribution in [3.63, 3.8) is 0 Å². The van der Waals surface area contributed by atoms with E-state index in [2.05, 4.69) is 15.0 Å². The van der Waals surface area contributed by atoms with Gasteiger partial charge in [-0.25, -0.2) is 0 Å². The van der Waals surface area contributed by atoms with Gasteiger partial charge in [-0.05, 0) is 31.0 Å². The van der Waals surface area contributed by atoms with E-state index in [4.69, 9.17) is 0 Å². The Kier molecular flexibility index (Phi) is 5.51. The highest BCUT2D eigenvalue weighted by atomic mass is 19.3. The van der Waals surface area contributed by atoms with Gasteiger partial charge in [0.1, 0.15) is 5.75 Å². The SMILES string of the molecule is CC(NC(=O)CCc1c[nH]c2ccccc12)c1ccccc1OC(F)F. The Morgan fingerprint density at radius 2 is 1.88 bits per heavy atom. The van der Waals surface area contributed by atoms with Crippen LogP contribution in [0, 0.1) is 0 Å². The van der Waals surface area contributed by atoms with Crippen molar-refractivity contribution < 1.29 is 18.3 Å². The van der Waals surface area contributed by atoms with Gasteiger partial charge < -0.3 is 15.0 Å². The van der Waals surface area contributed by atoms with Crippen molar-refractivity contribution in [2.24, 2.45) is 0 Å². The summed E-state index contributed by atoms with van der Waals surface area (Å²) in [5.41, 5.74) is 2.63. The first kappa shape index (κ1) is 17.9. The average molecular weight is 358 g/mol. The smallest absolute Gasteiger partial charge is 0.387 e. The second kappa shape index (κ2) is 7.99. The molecule has 0 bridgehead atoms. The van der Waals surface area contributed by atoms with Crippen molar-refractivity contribution in [1.82, 2.24) is 10.3 Å². The van der Waals surface area contributed by atoms with Crippen LogP contribution < -0.4 is 10.1 Å². The molecule has 3 aromatic rings. The summed E-state index contributed by atoms with van der Waals surface area (Å²) >= 11 is 0. The van der Waals surface area contributed by atoms with Gasteiger partial charge in [-0.15, -0.1) is 0 Å². The maximum absolute atomic E-state index is 12.5. The zero-order chi connectivity index (χ0) is 18.5. The van der Waals surface area contributed by atoms with E-state index in [1.54, 1.807) is 25.1 Å². The minimum absolute atomic E-state index is 0.0759. The molecular weight excluding hydrogens is 338 g/mol. The molecule has 0 radical (unpaired) electrons. The molecule has 2 N–H and O–H groups in total. The number of H-pyrrole nitrogens is 1. The van der Waals surface area contributed by atoms with Crippen molar-refractivity contribution in [2.45, 2.75) is 32.4 Å². The molecule has 0 aliphatic carbocycles. The standard InChI is InChI=1S/C20H20F2N2O2/c1-13(15-6-3-5-9-18(15)26-20(21)22)24-19(25)11-10-14-12-23-17-8-4-2-7-16(14)17/h2-9,12-13,20,23H,10-11H2,1H3,(H,24,25). The highest BCUT2D eigenvalue weighted by Crippen LogP contribution is 2.26. The lowest BCUT2D eigenvalue weighted by Gasteiger charge is -2.18. The normalized spacial score (nSPS) is 12.3. The number of nitrogens with one attached hydrogen (secondary N) is 2. The van der Waals surface area contributed by atoms with Crippen LogP contribution in [0.2, 0.25) is 0 Å². The number of aromatic amines is 1. The number of benzene rings is 2. The van der Waals surface area contributed by atoms with Gasteiger partial charge in [0.15, 0.2) is 0 Å². The van der Waals surface area contributed by atoms with Gasteiger partial charge in [0, 0.05) is 29.1 Å². The lowest BCUT2D eigenvalue weighted by molar-refractivity contribution is -0.121. The zero-order valence-electron chi connectivity index (χ0n) is 14.3. The lowest BCUT2D eigenvalue weighted by Crippen LogP contribution is -2.27. The number of para-hydroxylation sites is 2. The van der Waals surface area contributed by atoms with E-state index in [9.17, 15) is 13.6 Å². The fourth-order valence-corrected chi connectivity index (χ4v) is 3.02. The van der Waals surface area contributed by atoms with Crippen molar-refractivity contribution in [2.75, 3.05) is 0 Å². The molecular formula is C20H20F2N2O2. The number of carbonyl (C=O) groups excluding carboxylic acids is 1. The summed E-state index contributed by atoms with van der Waals surface area (Å²) in [5.74, 6) is -0.0680. The monoisotopic (exact) mass is 358 g/mol. The highest BCUT2D eigenvalue weighted by molar-refractivity contribution is 5.84. The van der Waals surface area contributed by atoms with Gasteiger partial charge >= 0.3 is 6.61 Å². The molecule has 1 atom stereocenters. The molecule has 136 valence electrons. The predicted molar refractivity (Wildman–Crippen MR) is 96.3 cm³/mol. The summed E-state index contributed by atoms with van der Waals surface area (Å²) in [6.07, 6.45) is 2.81. The van der Waals surface area contributed by atoms with Crippen LogP contribution >= 0.6 is 0 Å². The molecule has 0 aliphatic rings. The van der Waals surface area contributed by atoms with E-state index < -0.39 is 12.7 Å². The number of aromatic nitrogens is 1. The number of aryl methyl sites for hydroxylation is 1. The third-order valence-electron chi connectivity index (χ3n) is 4.28. The molecule has 4 nitrogen and oxygen atoms in total. The molecule has 0 aliphatic heterocycles. The molecule has 0 spiro atoms. The van der Waals surface area contributed by atoms with Crippen LogP contribution in [0.5, 0.6) is 5.75 Å². The first-order valence-corrected chi connectivity index (χ1v) is 8.42. The summed E-state index contributed by atoms with van der Waals surface area (Å²) < 4.78 is 29.6. The molecule has 6 heteroatoms. The summed E-state index contributed by atoms with van der Waals surface area (Å²) in [5, 5.41) is 3.95. The Labute approximate surface area is 150 Å². The number of rotatable bonds is 7. The van der Waals surface area contributed by atoms with Crippen LogP contribution in [0.4, 0.5) is 8.78 Å². The molecule has 2 aromatic carbocycles. The van der Waals surface area contributed by atoms with Crippen molar-refractivity contribution in [3.05, 3.63) is 65.9 Å². The van der Waals surface area contributed by atoms with Crippen molar-refractivity contribution in [1.29, 1.82) is 0 Å².